The van der Waals surface area contributed by atoms with Gasteiger partial charge in [-0.15, -0.1) is 11.3 Å². The molecule has 5 nitrogen and oxygen atoms in total. The maximum atomic E-state index is 12.5. The molecule has 0 spiro atoms. The lowest BCUT2D eigenvalue weighted by Crippen LogP contribution is -2.36. The Bertz CT molecular complexity index is 774. The second kappa shape index (κ2) is 9.85. The highest BCUT2D eigenvalue weighted by Crippen LogP contribution is 2.23. The van der Waals surface area contributed by atoms with E-state index in [1.54, 1.807) is 11.3 Å². The van der Waals surface area contributed by atoms with Crippen LogP contribution in [0, 0.1) is 0 Å². The van der Waals surface area contributed by atoms with Crippen molar-refractivity contribution < 1.29 is 9.59 Å². The lowest BCUT2D eigenvalue weighted by atomic mass is 10.0. The Balaban J connectivity index is 1.55. The molecule has 3 rings (SSSR count). The summed E-state index contributed by atoms with van der Waals surface area (Å²) in [6.07, 6.45) is 4.09. The van der Waals surface area contributed by atoms with Crippen LogP contribution in [0.25, 0.3) is 0 Å². The molecule has 1 aliphatic rings. The van der Waals surface area contributed by atoms with E-state index in [2.05, 4.69) is 34.6 Å². The number of thiophene rings is 1. The molecule has 1 aromatic heterocycles. The average molecular weight is 400 g/mol. The molecule has 2 aromatic rings. The van der Waals surface area contributed by atoms with Crippen molar-refractivity contribution in [3.05, 3.63) is 52.2 Å². The second-order valence-corrected chi connectivity index (χ2v) is 8.51. The van der Waals surface area contributed by atoms with Crippen molar-refractivity contribution in [3.63, 3.8) is 0 Å². The molecule has 0 saturated carbocycles. The highest BCUT2D eigenvalue weighted by Gasteiger charge is 2.19. The van der Waals surface area contributed by atoms with E-state index in [-0.39, 0.29) is 24.3 Å². The summed E-state index contributed by atoms with van der Waals surface area (Å²) in [4.78, 5) is 27.5. The minimum Gasteiger partial charge on any atom is -0.348 e. The van der Waals surface area contributed by atoms with E-state index >= 15 is 0 Å². The van der Waals surface area contributed by atoms with Gasteiger partial charge in [0, 0.05) is 30.1 Å². The van der Waals surface area contributed by atoms with Crippen molar-refractivity contribution in [2.45, 2.75) is 58.2 Å². The van der Waals surface area contributed by atoms with Crippen molar-refractivity contribution in [2.75, 3.05) is 11.9 Å². The molecule has 6 heteroatoms. The maximum absolute atomic E-state index is 12.5. The minimum atomic E-state index is -0.294. The molecule has 2 atom stereocenters. The van der Waals surface area contributed by atoms with Gasteiger partial charge in [0.25, 0.3) is 0 Å². The molecule has 2 heterocycles. The predicted molar refractivity (Wildman–Crippen MR) is 114 cm³/mol. The van der Waals surface area contributed by atoms with Gasteiger partial charge >= 0.3 is 0 Å². The van der Waals surface area contributed by atoms with Crippen LogP contribution in [0.1, 0.15) is 56.0 Å². The van der Waals surface area contributed by atoms with Crippen molar-refractivity contribution in [1.29, 1.82) is 0 Å². The topological polar surface area (TPSA) is 61.4 Å². The first-order valence-electron chi connectivity index (χ1n) is 9.94. The van der Waals surface area contributed by atoms with Crippen LogP contribution in [-0.4, -0.2) is 29.3 Å². The molecule has 2 N–H and O–H groups in total. The first-order valence-corrected chi connectivity index (χ1v) is 10.8. The Morgan fingerprint density at radius 2 is 2.00 bits per heavy atom. The van der Waals surface area contributed by atoms with Crippen molar-refractivity contribution in [3.8, 4) is 0 Å². The van der Waals surface area contributed by atoms with Crippen LogP contribution < -0.4 is 10.6 Å². The number of anilines is 1. The number of carbonyl (C=O) groups excluding carboxylic acids is 2. The summed E-state index contributed by atoms with van der Waals surface area (Å²) in [5.41, 5.74) is 2.05. The standard InChI is InChI=1S/C22H29N3O2S/c1-16-6-3-4-12-25(16)15-18-8-10-19(11-9-18)24-22(27)14-20(23-17(2)26)21-7-5-13-28-21/h5,7-11,13,16,20H,3-4,6,12,14-15H2,1-2H3,(H,23,26)(H,24,27)/t16-,20+/m0/s1. The van der Waals surface area contributed by atoms with Crippen LogP contribution in [0.15, 0.2) is 41.8 Å². The largest absolute Gasteiger partial charge is 0.348 e. The first-order chi connectivity index (χ1) is 13.5. The molecular formula is C22H29N3O2S. The fourth-order valence-electron chi connectivity index (χ4n) is 3.68. The number of hydrogen-bond acceptors (Lipinski definition) is 4. The molecule has 0 bridgehead atoms. The fourth-order valence-corrected chi connectivity index (χ4v) is 4.45. The zero-order valence-corrected chi connectivity index (χ0v) is 17.4. The van der Waals surface area contributed by atoms with Crippen LogP contribution in [0.5, 0.6) is 0 Å². The fraction of sp³-hybridized carbons (Fsp3) is 0.455. The highest BCUT2D eigenvalue weighted by atomic mass is 32.1. The monoisotopic (exact) mass is 399 g/mol. The average Bonchev–Trinajstić information content (AvgIpc) is 3.19. The van der Waals surface area contributed by atoms with E-state index in [0.717, 1.165) is 23.7 Å². The summed E-state index contributed by atoms with van der Waals surface area (Å²) in [6, 6.07) is 12.3. The normalized spacial score (nSPS) is 18.4. The number of hydrogen-bond donors (Lipinski definition) is 2. The van der Waals surface area contributed by atoms with Gasteiger partial charge in [0.15, 0.2) is 0 Å². The summed E-state index contributed by atoms with van der Waals surface area (Å²) in [7, 11) is 0. The van der Waals surface area contributed by atoms with Gasteiger partial charge in [-0.2, -0.15) is 0 Å². The third-order valence-electron chi connectivity index (χ3n) is 5.22. The van der Waals surface area contributed by atoms with Gasteiger partial charge in [-0.3, -0.25) is 14.5 Å². The molecule has 1 saturated heterocycles. The number of likely N-dealkylation sites (tertiary alicyclic amines) is 1. The van der Waals surface area contributed by atoms with E-state index in [9.17, 15) is 9.59 Å². The van der Waals surface area contributed by atoms with Crippen LogP contribution in [0.3, 0.4) is 0 Å². The van der Waals surface area contributed by atoms with E-state index in [1.165, 1.54) is 31.7 Å². The quantitative estimate of drug-likeness (QED) is 0.728. The second-order valence-electron chi connectivity index (χ2n) is 7.53. The number of benzene rings is 1. The SMILES string of the molecule is CC(=O)N[C@H](CC(=O)Nc1ccc(CN2CCCC[C@@H]2C)cc1)c1cccs1. The number of nitrogens with zero attached hydrogens (tertiary/aromatic N) is 1. The lowest BCUT2D eigenvalue weighted by Gasteiger charge is -2.33. The van der Waals surface area contributed by atoms with Gasteiger partial charge in [-0.1, -0.05) is 24.6 Å². The van der Waals surface area contributed by atoms with Gasteiger partial charge in [0.1, 0.15) is 0 Å². The highest BCUT2D eigenvalue weighted by molar-refractivity contribution is 7.10. The van der Waals surface area contributed by atoms with Crippen LogP contribution >= 0.6 is 11.3 Å². The first kappa shape index (κ1) is 20.6. The number of carbonyl (C=O) groups is 2. The number of rotatable bonds is 7. The molecule has 1 fully saturated rings. The maximum Gasteiger partial charge on any atom is 0.226 e. The zero-order valence-electron chi connectivity index (χ0n) is 16.6. The van der Waals surface area contributed by atoms with Gasteiger partial charge in [0.05, 0.1) is 12.5 Å². The van der Waals surface area contributed by atoms with Crippen molar-refractivity contribution in [1.82, 2.24) is 10.2 Å². The molecule has 1 aromatic carbocycles. The van der Waals surface area contributed by atoms with Crippen molar-refractivity contribution in [2.24, 2.45) is 0 Å². The lowest BCUT2D eigenvalue weighted by molar-refractivity contribution is -0.120. The van der Waals surface area contributed by atoms with E-state index in [1.807, 2.05) is 29.6 Å². The number of piperidine rings is 1. The molecule has 0 unspecified atom stereocenters. The van der Waals surface area contributed by atoms with Gasteiger partial charge < -0.3 is 10.6 Å². The molecule has 0 aliphatic carbocycles. The summed E-state index contributed by atoms with van der Waals surface area (Å²) in [5, 5.41) is 7.76. The summed E-state index contributed by atoms with van der Waals surface area (Å²) >= 11 is 1.54. The Kier molecular flexibility index (Phi) is 7.23. The van der Waals surface area contributed by atoms with Crippen LogP contribution in [-0.2, 0) is 16.1 Å². The Labute approximate surface area is 171 Å². The number of nitrogens with one attached hydrogen (secondary N) is 2. The third kappa shape index (κ3) is 5.91. The summed E-state index contributed by atoms with van der Waals surface area (Å²) in [5.74, 6) is -0.243. The zero-order chi connectivity index (χ0) is 19.9. The third-order valence-corrected chi connectivity index (χ3v) is 6.20. The Morgan fingerprint density at radius 3 is 2.64 bits per heavy atom. The smallest absolute Gasteiger partial charge is 0.226 e. The van der Waals surface area contributed by atoms with Gasteiger partial charge in [-0.05, 0) is 55.5 Å². The minimum absolute atomic E-state index is 0.107. The van der Waals surface area contributed by atoms with E-state index in [4.69, 9.17) is 0 Å². The summed E-state index contributed by atoms with van der Waals surface area (Å²) < 4.78 is 0. The number of amides is 2. The molecular weight excluding hydrogens is 370 g/mol. The molecule has 150 valence electrons. The Morgan fingerprint density at radius 1 is 1.21 bits per heavy atom. The molecule has 0 radical (unpaired) electrons. The van der Waals surface area contributed by atoms with Gasteiger partial charge in [-0.25, -0.2) is 0 Å². The van der Waals surface area contributed by atoms with E-state index in [0.29, 0.717) is 6.04 Å². The molecule has 2 amide bonds. The Hall–Kier alpha value is -2.18. The van der Waals surface area contributed by atoms with E-state index < -0.39 is 0 Å². The van der Waals surface area contributed by atoms with Crippen LogP contribution in [0.4, 0.5) is 5.69 Å². The predicted octanol–water partition coefficient (Wildman–Crippen LogP) is 4.33. The van der Waals surface area contributed by atoms with Crippen LogP contribution in [0.2, 0.25) is 0 Å². The van der Waals surface area contributed by atoms with Crippen molar-refractivity contribution >= 4 is 28.8 Å². The molecule has 28 heavy (non-hydrogen) atoms. The summed E-state index contributed by atoms with van der Waals surface area (Å²) in [6.45, 7) is 5.89. The van der Waals surface area contributed by atoms with Gasteiger partial charge in [0.2, 0.25) is 11.8 Å². The molecule has 1 aliphatic heterocycles.